The highest BCUT2D eigenvalue weighted by molar-refractivity contribution is 5.76. The number of aliphatic hydroxyl groups excluding tert-OH is 3. The fraction of sp³-hybridized carbons (Fsp3) is 0.844. The van der Waals surface area contributed by atoms with Crippen molar-refractivity contribution >= 4 is 5.97 Å². The number of ether oxygens (including phenoxy) is 7. The Morgan fingerprint density at radius 3 is 2.52 bits per heavy atom. The number of hydrogen-bond acceptors (Lipinski definition) is 12. The van der Waals surface area contributed by atoms with Crippen LogP contribution in [0.25, 0.3) is 0 Å². The van der Waals surface area contributed by atoms with E-state index in [1.54, 1.807) is 6.08 Å². The summed E-state index contributed by atoms with van der Waals surface area (Å²) in [5, 5.41) is 54.1. The second-order valence-corrected chi connectivity index (χ2v) is 19.4. The van der Waals surface area contributed by atoms with Crippen LogP contribution < -0.4 is 0 Å². The summed E-state index contributed by atoms with van der Waals surface area (Å²) in [6.45, 7) is 16.7. The minimum absolute atomic E-state index is 0.0385. The zero-order chi connectivity index (χ0) is 41.8. The first-order valence-corrected chi connectivity index (χ1v) is 22.1. The molecule has 0 aromatic heterocycles. The lowest BCUT2D eigenvalue weighted by atomic mass is 9.78. The number of rotatable bonds is 10. The van der Waals surface area contributed by atoms with Gasteiger partial charge in [0.1, 0.15) is 24.4 Å². The van der Waals surface area contributed by atoms with Crippen molar-refractivity contribution < 1.29 is 63.5 Å². The van der Waals surface area contributed by atoms with E-state index in [0.717, 1.165) is 44.3 Å². The molecule has 6 saturated heterocycles. The van der Waals surface area contributed by atoms with Crippen molar-refractivity contribution in [2.24, 2.45) is 23.7 Å². The zero-order valence-corrected chi connectivity index (χ0v) is 35.4. The molecule has 3 spiro atoms. The SMILES string of the molecule is C=C1[C@@H](O)[C@@H]2O[C@@]3(CC[C@H](/C=C\[C@@H](C)[C@H]4CC(C)=C[C@@]5(O[C@H](C[C@@](C)(O)C(=O)O)CC[C@H]5O)O4)O3)CC[C@H]2O[C@@H]1[C@@H](O)C[C@H](C)[C@H]1O[C@@]2(CC[C@H]1C)OCCC[C@H]2C. The first-order valence-electron chi connectivity index (χ1n) is 22.1. The van der Waals surface area contributed by atoms with E-state index in [9.17, 15) is 30.3 Å². The van der Waals surface area contributed by atoms with E-state index in [-0.39, 0.29) is 36.6 Å². The van der Waals surface area contributed by atoms with Crippen LogP contribution in [0.4, 0.5) is 0 Å². The molecule has 0 aromatic rings. The Balaban J connectivity index is 0.922. The Bertz CT molecular complexity index is 1550. The number of aliphatic hydroxyl groups is 4. The van der Waals surface area contributed by atoms with Crippen molar-refractivity contribution in [1.29, 1.82) is 0 Å². The average molecular weight is 819 g/mol. The van der Waals surface area contributed by atoms with Gasteiger partial charge in [-0.2, -0.15) is 0 Å². The van der Waals surface area contributed by atoms with Gasteiger partial charge in [0.05, 0.1) is 43.2 Å². The summed E-state index contributed by atoms with van der Waals surface area (Å²) < 4.78 is 45.5. The lowest BCUT2D eigenvalue weighted by Crippen LogP contribution is -2.60. The first kappa shape index (κ1) is 44.3. The van der Waals surface area contributed by atoms with Gasteiger partial charge in [0.2, 0.25) is 5.79 Å². The van der Waals surface area contributed by atoms with Gasteiger partial charge in [0.15, 0.2) is 17.2 Å². The van der Waals surface area contributed by atoms with Crippen LogP contribution in [0.2, 0.25) is 0 Å². The molecule has 0 unspecified atom stereocenters. The maximum absolute atomic E-state index is 11.6. The van der Waals surface area contributed by atoms with Gasteiger partial charge in [-0.3, -0.25) is 0 Å². The fourth-order valence-electron chi connectivity index (χ4n) is 10.9. The predicted octanol–water partition coefficient (Wildman–Crippen LogP) is 5.46. The van der Waals surface area contributed by atoms with Crippen molar-refractivity contribution in [3.8, 4) is 0 Å². The molecule has 7 rings (SSSR count). The van der Waals surface area contributed by atoms with Gasteiger partial charge < -0.3 is 58.7 Å². The summed E-state index contributed by atoms with van der Waals surface area (Å²) in [6, 6.07) is 0. The molecule has 328 valence electrons. The second-order valence-electron chi connectivity index (χ2n) is 19.4. The van der Waals surface area contributed by atoms with Crippen molar-refractivity contribution in [1.82, 2.24) is 0 Å². The molecule has 0 bridgehead atoms. The highest BCUT2D eigenvalue weighted by atomic mass is 16.7. The molecule has 13 heteroatoms. The zero-order valence-electron chi connectivity index (χ0n) is 35.4. The molecular formula is C45H70O13. The van der Waals surface area contributed by atoms with Crippen LogP contribution in [0.15, 0.2) is 36.0 Å². The molecule has 0 aromatic carbocycles. The number of hydrogen-bond donors (Lipinski definition) is 5. The van der Waals surface area contributed by atoms with E-state index in [2.05, 4.69) is 33.4 Å². The molecule has 13 nitrogen and oxygen atoms in total. The van der Waals surface area contributed by atoms with Gasteiger partial charge in [0.25, 0.3) is 0 Å². The van der Waals surface area contributed by atoms with Gasteiger partial charge in [-0.05, 0) is 95.1 Å². The van der Waals surface area contributed by atoms with Crippen molar-refractivity contribution in [3.05, 3.63) is 36.0 Å². The fourth-order valence-corrected chi connectivity index (χ4v) is 10.9. The topological polar surface area (TPSA) is 183 Å². The first-order chi connectivity index (χ1) is 27.3. The Morgan fingerprint density at radius 1 is 1.02 bits per heavy atom. The summed E-state index contributed by atoms with van der Waals surface area (Å²) in [4.78, 5) is 11.6. The molecule has 6 fully saturated rings. The molecule has 0 amide bonds. The van der Waals surface area contributed by atoms with Crippen LogP contribution in [-0.2, 0) is 38.0 Å². The van der Waals surface area contributed by atoms with Crippen LogP contribution in [0.5, 0.6) is 0 Å². The number of aliphatic carboxylic acids is 1. The van der Waals surface area contributed by atoms with E-state index >= 15 is 0 Å². The normalized spacial score (nSPS) is 46.1. The van der Waals surface area contributed by atoms with Gasteiger partial charge in [-0.25, -0.2) is 4.79 Å². The molecule has 58 heavy (non-hydrogen) atoms. The Labute approximate surface area is 344 Å². The molecule has 7 aliphatic heterocycles. The molecule has 0 saturated carbocycles. The highest BCUT2D eigenvalue weighted by Crippen LogP contribution is 2.48. The van der Waals surface area contributed by atoms with Gasteiger partial charge >= 0.3 is 5.97 Å². The van der Waals surface area contributed by atoms with E-state index < -0.39 is 71.7 Å². The summed E-state index contributed by atoms with van der Waals surface area (Å²) in [6.07, 6.45) is 8.36. The average Bonchev–Trinajstić information content (AvgIpc) is 3.57. The number of fused-ring (bicyclic) bond motifs is 1. The van der Waals surface area contributed by atoms with E-state index in [1.165, 1.54) is 6.92 Å². The van der Waals surface area contributed by atoms with Crippen LogP contribution in [-0.4, -0.2) is 122 Å². The lowest BCUT2D eigenvalue weighted by Gasteiger charge is -2.51. The predicted molar refractivity (Wildman–Crippen MR) is 212 cm³/mol. The Kier molecular flexibility index (Phi) is 13.1. The molecule has 18 atom stereocenters. The van der Waals surface area contributed by atoms with Crippen LogP contribution >= 0.6 is 0 Å². The third kappa shape index (κ3) is 8.93. The smallest absolute Gasteiger partial charge is 0.335 e. The largest absolute Gasteiger partial charge is 0.479 e. The molecule has 5 N–H and O–H groups in total. The van der Waals surface area contributed by atoms with Crippen molar-refractivity contribution in [2.45, 2.75) is 209 Å². The number of carboxylic acids is 1. The minimum atomic E-state index is -1.96. The van der Waals surface area contributed by atoms with Gasteiger partial charge in [0, 0.05) is 37.5 Å². The summed E-state index contributed by atoms with van der Waals surface area (Å²) in [7, 11) is 0. The standard InChI is InChI=1S/C45H70O13/c1-25-21-35(56-45(23-25)36(47)13-12-32(55-45)24-42(7,51)41(49)50)26(2)10-11-31-15-17-43(54-31)18-16-34-40(57-43)37(48)30(6)39(53-34)33(46)22-28(4)38-27(3)14-19-44(58-38)29(5)9-8-20-52-44/h10-11,23,26-29,31-40,46-48,51H,6,8-9,12-22,24H2,1-5,7H3,(H,49,50)/b11-10-/t26-,27-,28+,29-,31+,32+,33+,34-,35-,36-,37-,38+,39+,40-,42-,43+,44-,45-/m1/s1. The molecule has 0 aliphatic carbocycles. The highest BCUT2D eigenvalue weighted by Gasteiger charge is 2.55. The lowest BCUT2D eigenvalue weighted by molar-refractivity contribution is -0.334. The van der Waals surface area contributed by atoms with Crippen molar-refractivity contribution in [3.63, 3.8) is 0 Å². The molecule has 7 aliphatic rings. The molecular weight excluding hydrogens is 748 g/mol. The molecule has 0 radical (unpaired) electrons. The summed E-state index contributed by atoms with van der Waals surface area (Å²) >= 11 is 0. The van der Waals surface area contributed by atoms with Gasteiger partial charge in [-0.15, -0.1) is 0 Å². The molecule has 7 heterocycles. The van der Waals surface area contributed by atoms with E-state index in [1.807, 2.05) is 19.9 Å². The summed E-state index contributed by atoms with van der Waals surface area (Å²) in [5.41, 5.74) is -0.554. The van der Waals surface area contributed by atoms with E-state index in [4.69, 9.17) is 33.2 Å². The third-order valence-corrected chi connectivity index (χ3v) is 14.5. The third-order valence-electron chi connectivity index (χ3n) is 14.5. The quantitative estimate of drug-likeness (QED) is 0.176. The van der Waals surface area contributed by atoms with Crippen molar-refractivity contribution in [2.75, 3.05) is 6.61 Å². The Hall–Kier alpha value is -1.75. The van der Waals surface area contributed by atoms with Crippen LogP contribution in [0.1, 0.15) is 125 Å². The maximum Gasteiger partial charge on any atom is 0.335 e. The van der Waals surface area contributed by atoms with E-state index in [0.29, 0.717) is 62.4 Å². The van der Waals surface area contributed by atoms with Crippen LogP contribution in [0.3, 0.4) is 0 Å². The minimum Gasteiger partial charge on any atom is -0.479 e. The number of carboxylic acid groups (broad SMARTS) is 1. The monoisotopic (exact) mass is 818 g/mol. The van der Waals surface area contributed by atoms with Gasteiger partial charge in [-0.1, -0.05) is 52.0 Å². The number of carbonyl (C=O) groups is 1. The second kappa shape index (κ2) is 17.2. The Morgan fingerprint density at radius 2 is 1.78 bits per heavy atom. The summed E-state index contributed by atoms with van der Waals surface area (Å²) in [5.74, 6) is -3.56. The maximum atomic E-state index is 11.6. The van der Waals surface area contributed by atoms with Crippen LogP contribution in [0, 0.1) is 23.7 Å².